The lowest BCUT2D eigenvalue weighted by atomic mass is 9.86. The fourth-order valence-electron chi connectivity index (χ4n) is 4.57. The molecule has 2 aliphatic rings. The summed E-state index contributed by atoms with van der Waals surface area (Å²) in [6, 6.07) is 9.68. The number of rotatable bonds is 4. The summed E-state index contributed by atoms with van der Waals surface area (Å²) >= 11 is 0. The van der Waals surface area contributed by atoms with Gasteiger partial charge in [0.15, 0.2) is 5.60 Å². The van der Waals surface area contributed by atoms with Crippen molar-refractivity contribution in [3.8, 4) is 11.4 Å². The summed E-state index contributed by atoms with van der Waals surface area (Å²) in [4.78, 5) is 35.9. The highest BCUT2D eigenvalue weighted by Gasteiger charge is 2.45. The number of oxime groups is 1. The van der Waals surface area contributed by atoms with E-state index >= 15 is 0 Å². The Morgan fingerprint density at radius 2 is 2.09 bits per heavy atom. The molecule has 1 aromatic carbocycles. The molecule has 0 saturated heterocycles. The second-order valence-electron chi connectivity index (χ2n) is 9.78. The molecule has 0 fully saturated rings. The Bertz CT molecular complexity index is 1420. The van der Waals surface area contributed by atoms with E-state index in [9.17, 15) is 14.7 Å². The molecule has 3 aromatic rings. The van der Waals surface area contributed by atoms with Gasteiger partial charge in [-0.3, -0.25) is 4.79 Å². The third-order valence-electron chi connectivity index (χ3n) is 6.35. The van der Waals surface area contributed by atoms with Crippen molar-refractivity contribution in [1.82, 2.24) is 9.55 Å². The molecule has 2 aromatic heterocycles. The number of carbonyl (C=O) groups excluding carboxylic acids is 1. The van der Waals surface area contributed by atoms with E-state index in [1.54, 1.807) is 23.8 Å². The van der Waals surface area contributed by atoms with Gasteiger partial charge in [0, 0.05) is 29.1 Å². The van der Waals surface area contributed by atoms with Crippen molar-refractivity contribution in [2.24, 2.45) is 5.16 Å². The van der Waals surface area contributed by atoms with Crippen LogP contribution in [0.2, 0.25) is 0 Å². The van der Waals surface area contributed by atoms with E-state index in [-0.39, 0.29) is 24.2 Å². The number of aromatic nitrogens is 2. The number of ether oxygens (including phenoxy) is 1. The van der Waals surface area contributed by atoms with Crippen molar-refractivity contribution in [2.45, 2.75) is 64.9 Å². The minimum Gasteiger partial charge on any atom is -0.458 e. The van der Waals surface area contributed by atoms with Crippen LogP contribution in [-0.4, -0.2) is 32.4 Å². The second-order valence-corrected chi connectivity index (χ2v) is 9.78. The molecule has 0 spiro atoms. The molecule has 0 unspecified atom stereocenters. The molecule has 0 radical (unpaired) electrons. The van der Waals surface area contributed by atoms with Gasteiger partial charge in [-0.1, -0.05) is 24.2 Å². The van der Waals surface area contributed by atoms with Crippen LogP contribution in [0.25, 0.3) is 22.3 Å². The Hall–Kier alpha value is -3.52. The number of pyridine rings is 2. The number of aliphatic hydroxyl groups is 1. The van der Waals surface area contributed by atoms with Crippen LogP contribution >= 0.6 is 0 Å². The van der Waals surface area contributed by atoms with Gasteiger partial charge in [-0.2, -0.15) is 0 Å². The standard InChI is InChI=1S/C26H27N3O5/c1-5-26(32)19-12-21-22-16(13-29(21)23(30)18(19)14-33-24(26)31)11-17-15(7-6-8-20(17)28-22)9-10-27-34-25(2,3)4/h6-8,10-12,32H,5,9,13-14H2,1-4H3/t26-/m0/s1. The average molecular weight is 462 g/mol. The van der Waals surface area contributed by atoms with Crippen LogP contribution in [0.4, 0.5) is 0 Å². The molecule has 34 heavy (non-hydrogen) atoms. The van der Waals surface area contributed by atoms with Gasteiger partial charge in [-0.05, 0) is 51.0 Å². The molecular weight excluding hydrogens is 434 g/mol. The maximum atomic E-state index is 13.3. The summed E-state index contributed by atoms with van der Waals surface area (Å²) in [5.74, 6) is -0.724. The summed E-state index contributed by atoms with van der Waals surface area (Å²) in [7, 11) is 0. The largest absolute Gasteiger partial charge is 0.458 e. The zero-order valence-corrected chi connectivity index (χ0v) is 19.7. The Balaban J connectivity index is 1.59. The quantitative estimate of drug-likeness (QED) is 0.284. The fourth-order valence-corrected chi connectivity index (χ4v) is 4.57. The van der Waals surface area contributed by atoms with Gasteiger partial charge in [-0.15, -0.1) is 0 Å². The summed E-state index contributed by atoms with van der Waals surface area (Å²) in [5.41, 5.74) is 2.25. The van der Waals surface area contributed by atoms with E-state index in [0.717, 1.165) is 22.0 Å². The highest BCUT2D eigenvalue weighted by atomic mass is 16.6. The first-order valence-electron chi connectivity index (χ1n) is 11.4. The Kier molecular flexibility index (Phi) is 5.09. The van der Waals surface area contributed by atoms with Crippen molar-refractivity contribution >= 4 is 23.1 Å². The summed E-state index contributed by atoms with van der Waals surface area (Å²) < 4.78 is 6.78. The SMILES string of the molecule is CC[C@@]1(O)C(=O)OCc2c1cc1n(c2=O)Cc2cc3c(CC=NOC(C)(C)C)cccc3nc2-1. The summed E-state index contributed by atoms with van der Waals surface area (Å²) in [5, 5.41) is 16.1. The molecule has 0 aliphatic carbocycles. The van der Waals surface area contributed by atoms with Crippen molar-refractivity contribution in [2.75, 3.05) is 0 Å². The van der Waals surface area contributed by atoms with Gasteiger partial charge >= 0.3 is 5.97 Å². The third-order valence-corrected chi connectivity index (χ3v) is 6.35. The molecule has 0 bridgehead atoms. The topological polar surface area (TPSA) is 103 Å². The van der Waals surface area contributed by atoms with E-state index in [1.165, 1.54) is 0 Å². The molecule has 8 heteroatoms. The van der Waals surface area contributed by atoms with Gasteiger partial charge in [0.05, 0.1) is 29.0 Å². The number of carbonyl (C=O) groups is 1. The van der Waals surface area contributed by atoms with E-state index < -0.39 is 11.6 Å². The zero-order valence-electron chi connectivity index (χ0n) is 19.7. The first-order chi connectivity index (χ1) is 16.1. The molecule has 1 N–H and O–H groups in total. The molecule has 0 saturated carbocycles. The van der Waals surface area contributed by atoms with Crippen molar-refractivity contribution in [3.63, 3.8) is 0 Å². The van der Waals surface area contributed by atoms with E-state index in [0.29, 0.717) is 35.5 Å². The van der Waals surface area contributed by atoms with E-state index in [1.807, 2.05) is 39.0 Å². The van der Waals surface area contributed by atoms with Gasteiger partial charge in [0.1, 0.15) is 12.2 Å². The molecule has 8 nitrogen and oxygen atoms in total. The number of cyclic esters (lactones) is 1. The van der Waals surface area contributed by atoms with Gasteiger partial charge in [0.25, 0.3) is 5.56 Å². The second kappa shape index (κ2) is 7.77. The summed E-state index contributed by atoms with van der Waals surface area (Å²) in [6.45, 7) is 7.75. The van der Waals surface area contributed by atoms with E-state index in [2.05, 4.69) is 11.2 Å². The number of esters is 1. The molecule has 5 rings (SSSR count). The number of hydrogen-bond donors (Lipinski definition) is 1. The first kappa shape index (κ1) is 22.3. The normalized spacial score (nSPS) is 19.1. The van der Waals surface area contributed by atoms with Crippen molar-refractivity contribution in [1.29, 1.82) is 0 Å². The van der Waals surface area contributed by atoms with Gasteiger partial charge < -0.3 is 19.2 Å². The number of nitrogens with zero attached hydrogens (tertiary/aromatic N) is 3. The van der Waals surface area contributed by atoms with Crippen LogP contribution in [0, 0.1) is 0 Å². The average Bonchev–Trinajstić information content (AvgIpc) is 3.15. The number of benzene rings is 1. The minimum absolute atomic E-state index is 0.115. The number of hydrogen-bond acceptors (Lipinski definition) is 7. The molecule has 1 atom stereocenters. The van der Waals surface area contributed by atoms with Crippen LogP contribution in [0.5, 0.6) is 0 Å². The van der Waals surface area contributed by atoms with Gasteiger partial charge in [0.2, 0.25) is 0 Å². The highest BCUT2D eigenvalue weighted by molar-refractivity contribution is 5.89. The minimum atomic E-state index is -1.83. The molecular formula is C26H27N3O5. The van der Waals surface area contributed by atoms with E-state index in [4.69, 9.17) is 14.6 Å². The third kappa shape index (κ3) is 3.49. The smallest absolute Gasteiger partial charge is 0.343 e. The Labute approximate surface area is 196 Å². The molecule has 176 valence electrons. The van der Waals surface area contributed by atoms with Crippen LogP contribution in [-0.2, 0) is 39.5 Å². The lowest BCUT2D eigenvalue weighted by molar-refractivity contribution is -0.172. The maximum absolute atomic E-state index is 13.3. The van der Waals surface area contributed by atoms with Crippen LogP contribution in [0.15, 0.2) is 40.3 Å². The molecule has 2 aliphatic heterocycles. The van der Waals surface area contributed by atoms with Crippen molar-refractivity contribution < 1.29 is 19.5 Å². The molecule has 0 amide bonds. The predicted molar refractivity (Wildman–Crippen MR) is 128 cm³/mol. The zero-order chi connectivity index (χ0) is 24.3. The fraction of sp³-hybridized carbons (Fsp3) is 0.385. The molecule has 4 heterocycles. The Morgan fingerprint density at radius 3 is 2.82 bits per heavy atom. The van der Waals surface area contributed by atoms with Crippen molar-refractivity contribution in [3.05, 3.63) is 62.9 Å². The van der Waals surface area contributed by atoms with Crippen LogP contribution < -0.4 is 5.56 Å². The lowest BCUT2D eigenvalue weighted by Gasteiger charge is -2.31. The Morgan fingerprint density at radius 1 is 1.29 bits per heavy atom. The maximum Gasteiger partial charge on any atom is 0.343 e. The number of fused-ring (bicyclic) bond motifs is 5. The highest BCUT2D eigenvalue weighted by Crippen LogP contribution is 2.38. The first-order valence-corrected chi connectivity index (χ1v) is 11.4. The predicted octanol–water partition coefficient (Wildman–Crippen LogP) is 3.42. The van der Waals surface area contributed by atoms with Crippen LogP contribution in [0.1, 0.15) is 56.4 Å². The monoisotopic (exact) mass is 461 g/mol. The van der Waals surface area contributed by atoms with Gasteiger partial charge in [-0.25, -0.2) is 9.78 Å². The summed E-state index contributed by atoms with van der Waals surface area (Å²) in [6.07, 6.45) is 2.44. The lowest BCUT2D eigenvalue weighted by Crippen LogP contribution is -2.44. The van der Waals surface area contributed by atoms with Crippen LogP contribution in [0.3, 0.4) is 0 Å².